The summed E-state index contributed by atoms with van der Waals surface area (Å²) in [5, 5.41) is 0. The first-order valence-electron chi connectivity index (χ1n) is 5.83. The zero-order valence-electron chi connectivity index (χ0n) is 11.0. The van der Waals surface area contributed by atoms with E-state index in [1.807, 2.05) is 0 Å². The van der Waals surface area contributed by atoms with Gasteiger partial charge in [0, 0.05) is 23.1 Å². The average molecular weight is 313 g/mol. The van der Waals surface area contributed by atoms with E-state index in [2.05, 4.69) is 9.97 Å². The van der Waals surface area contributed by atoms with Crippen molar-refractivity contribution >= 4 is 19.7 Å². The molecule has 0 N–H and O–H groups in total. The molecule has 0 atom stereocenters. The largest absolute Gasteiger partial charge is 0.485 e. The molecule has 0 radical (unpaired) electrons. The molecule has 1 aromatic carbocycles. The van der Waals surface area contributed by atoms with Gasteiger partial charge in [0.05, 0.1) is 4.90 Å². The molecule has 2 rings (SSSR count). The third kappa shape index (κ3) is 3.26. The number of halogens is 1. The Labute approximate surface area is 122 Å². The average Bonchev–Trinajstić information content (AvgIpc) is 2.40. The Balaban J connectivity index is 2.25. The van der Waals surface area contributed by atoms with Crippen molar-refractivity contribution in [2.24, 2.45) is 0 Å². The van der Waals surface area contributed by atoms with Crippen LogP contribution in [0.25, 0.3) is 0 Å². The SMILES string of the molecule is Cc1c(OCc2ncccn2)ccc(S(=O)(=O)Cl)c1C. The highest BCUT2D eigenvalue weighted by molar-refractivity contribution is 8.13. The number of hydrogen-bond acceptors (Lipinski definition) is 5. The summed E-state index contributed by atoms with van der Waals surface area (Å²) in [6.45, 7) is 3.69. The molecule has 5 nitrogen and oxygen atoms in total. The molecule has 106 valence electrons. The zero-order valence-corrected chi connectivity index (χ0v) is 12.6. The van der Waals surface area contributed by atoms with Gasteiger partial charge in [0.1, 0.15) is 12.4 Å². The Morgan fingerprint density at radius 3 is 2.40 bits per heavy atom. The van der Waals surface area contributed by atoms with Crippen molar-refractivity contribution < 1.29 is 13.2 Å². The molecule has 0 fully saturated rings. The Bertz CT molecular complexity index is 718. The highest BCUT2D eigenvalue weighted by atomic mass is 35.7. The third-order valence-electron chi connectivity index (χ3n) is 2.93. The molecule has 0 aliphatic carbocycles. The van der Waals surface area contributed by atoms with Crippen molar-refractivity contribution in [2.75, 3.05) is 0 Å². The van der Waals surface area contributed by atoms with Crippen molar-refractivity contribution in [3.8, 4) is 5.75 Å². The van der Waals surface area contributed by atoms with Gasteiger partial charge >= 0.3 is 0 Å². The second kappa shape index (κ2) is 5.76. The molecule has 1 aromatic heterocycles. The number of hydrogen-bond donors (Lipinski definition) is 0. The van der Waals surface area contributed by atoms with Gasteiger partial charge in [0.15, 0.2) is 5.82 Å². The van der Waals surface area contributed by atoms with Gasteiger partial charge in [-0.15, -0.1) is 0 Å². The standard InChI is InChI=1S/C13H13ClN2O3S/c1-9-10(2)12(20(14,17)18)5-4-11(9)19-8-13-15-6-3-7-16-13/h3-7H,8H2,1-2H3. The molecular formula is C13H13ClN2O3S. The van der Waals surface area contributed by atoms with Gasteiger partial charge in [-0.1, -0.05) is 0 Å². The maximum atomic E-state index is 11.4. The van der Waals surface area contributed by atoms with E-state index in [0.29, 0.717) is 17.1 Å². The third-order valence-corrected chi connectivity index (χ3v) is 4.39. The molecule has 0 aliphatic rings. The van der Waals surface area contributed by atoms with Crippen molar-refractivity contribution in [1.29, 1.82) is 0 Å². The van der Waals surface area contributed by atoms with Crippen LogP contribution in [0.2, 0.25) is 0 Å². The Kier molecular flexibility index (Phi) is 4.25. The Morgan fingerprint density at radius 1 is 1.15 bits per heavy atom. The lowest BCUT2D eigenvalue weighted by atomic mass is 10.1. The maximum Gasteiger partial charge on any atom is 0.261 e. The van der Waals surface area contributed by atoms with Crippen molar-refractivity contribution in [2.45, 2.75) is 25.3 Å². The summed E-state index contributed by atoms with van der Waals surface area (Å²) in [6.07, 6.45) is 3.26. The van der Waals surface area contributed by atoms with Crippen LogP contribution in [0.5, 0.6) is 5.75 Å². The first kappa shape index (κ1) is 14.7. The van der Waals surface area contributed by atoms with Crippen LogP contribution < -0.4 is 4.74 Å². The van der Waals surface area contributed by atoms with Crippen LogP contribution in [0.15, 0.2) is 35.5 Å². The lowest BCUT2D eigenvalue weighted by Gasteiger charge is -2.12. The van der Waals surface area contributed by atoms with E-state index in [0.717, 1.165) is 5.56 Å². The predicted octanol–water partition coefficient (Wildman–Crippen LogP) is 2.60. The van der Waals surface area contributed by atoms with Crippen LogP contribution in [0.3, 0.4) is 0 Å². The van der Waals surface area contributed by atoms with E-state index in [4.69, 9.17) is 15.4 Å². The first-order valence-corrected chi connectivity index (χ1v) is 8.14. The van der Waals surface area contributed by atoms with Crippen LogP contribution in [0.1, 0.15) is 17.0 Å². The molecule has 0 aliphatic heterocycles. The minimum atomic E-state index is -3.75. The van der Waals surface area contributed by atoms with Crippen LogP contribution in [-0.2, 0) is 15.7 Å². The van der Waals surface area contributed by atoms with Crippen molar-refractivity contribution in [3.63, 3.8) is 0 Å². The van der Waals surface area contributed by atoms with Gasteiger partial charge in [-0.2, -0.15) is 0 Å². The summed E-state index contributed by atoms with van der Waals surface area (Å²) in [5.74, 6) is 1.14. The van der Waals surface area contributed by atoms with Gasteiger partial charge in [-0.25, -0.2) is 18.4 Å². The summed E-state index contributed by atoms with van der Waals surface area (Å²) in [5.41, 5.74) is 1.30. The topological polar surface area (TPSA) is 69.2 Å². The molecule has 7 heteroatoms. The van der Waals surface area contributed by atoms with Gasteiger partial charge < -0.3 is 4.74 Å². The van der Waals surface area contributed by atoms with E-state index >= 15 is 0 Å². The molecule has 0 amide bonds. The van der Waals surface area contributed by atoms with Gasteiger partial charge in [-0.3, -0.25) is 0 Å². The lowest BCUT2D eigenvalue weighted by Crippen LogP contribution is -2.04. The number of rotatable bonds is 4. The first-order chi connectivity index (χ1) is 9.39. The van der Waals surface area contributed by atoms with Crippen LogP contribution >= 0.6 is 10.7 Å². The molecule has 2 aromatic rings. The van der Waals surface area contributed by atoms with E-state index in [9.17, 15) is 8.42 Å². The molecule has 0 saturated carbocycles. The fraction of sp³-hybridized carbons (Fsp3) is 0.231. The maximum absolute atomic E-state index is 11.4. The van der Waals surface area contributed by atoms with Crippen LogP contribution in [0.4, 0.5) is 0 Å². The Hall–Kier alpha value is -1.66. The molecule has 0 saturated heterocycles. The molecule has 0 spiro atoms. The number of nitrogens with zero attached hydrogens (tertiary/aromatic N) is 2. The van der Waals surface area contributed by atoms with Gasteiger partial charge in [0.2, 0.25) is 0 Å². The van der Waals surface area contributed by atoms with E-state index < -0.39 is 9.05 Å². The number of aromatic nitrogens is 2. The molecular weight excluding hydrogens is 300 g/mol. The van der Waals surface area contributed by atoms with E-state index in [1.54, 1.807) is 38.4 Å². The Morgan fingerprint density at radius 2 is 1.80 bits per heavy atom. The molecule has 0 unspecified atom stereocenters. The summed E-state index contributed by atoms with van der Waals surface area (Å²) in [6, 6.07) is 4.74. The van der Waals surface area contributed by atoms with Crippen LogP contribution in [-0.4, -0.2) is 18.4 Å². The number of ether oxygens (including phenoxy) is 1. The highest BCUT2D eigenvalue weighted by Crippen LogP contribution is 2.29. The monoisotopic (exact) mass is 312 g/mol. The quantitative estimate of drug-likeness (QED) is 0.812. The molecule has 20 heavy (non-hydrogen) atoms. The minimum absolute atomic E-state index is 0.0972. The van der Waals surface area contributed by atoms with Crippen molar-refractivity contribution in [1.82, 2.24) is 9.97 Å². The van der Waals surface area contributed by atoms with Crippen molar-refractivity contribution in [3.05, 3.63) is 47.5 Å². The van der Waals surface area contributed by atoms with Crippen LogP contribution in [0, 0.1) is 13.8 Å². The fourth-order valence-electron chi connectivity index (χ4n) is 1.74. The summed E-state index contributed by atoms with van der Waals surface area (Å²) in [4.78, 5) is 8.20. The van der Waals surface area contributed by atoms with Gasteiger partial charge in [0.25, 0.3) is 9.05 Å². The molecule has 0 bridgehead atoms. The minimum Gasteiger partial charge on any atom is -0.485 e. The summed E-state index contributed by atoms with van der Waals surface area (Å²) < 4.78 is 28.4. The number of benzene rings is 1. The molecule has 1 heterocycles. The normalized spacial score (nSPS) is 11.3. The second-order valence-corrected chi connectivity index (χ2v) is 6.74. The van der Waals surface area contributed by atoms with Gasteiger partial charge in [-0.05, 0) is 43.2 Å². The highest BCUT2D eigenvalue weighted by Gasteiger charge is 2.17. The predicted molar refractivity (Wildman–Crippen MR) is 75.3 cm³/mol. The fourth-order valence-corrected chi connectivity index (χ4v) is 2.99. The van der Waals surface area contributed by atoms with E-state index in [-0.39, 0.29) is 11.5 Å². The zero-order chi connectivity index (χ0) is 14.8. The second-order valence-electron chi connectivity index (χ2n) is 4.20. The van der Waals surface area contributed by atoms with E-state index in [1.165, 1.54) is 6.07 Å². The lowest BCUT2D eigenvalue weighted by molar-refractivity contribution is 0.293. The summed E-state index contributed by atoms with van der Waals surface area (Å²) in [7, 11) is 1.62. The summed E-state index contributed by atoms with van der Waals surface area (Å²) >= 11 is 0. The smallest absolute Gasteiger partial charge is 0.261 e.